The molecule has 1 heterocycles. The second-order valence-corrected chi connectivity index (χ2v) is 3.17. The van der Waals surface area contributed by atoms with Crippen LogP contribution in [0.4, 0.5) is 8.78 Å². The maximum Gasteiger partial charge on any atom is 0.253 e. The first-order valence-corrected chi connectivity index (χ1v) is 4.33. The Morgan fingerprint density at radius 2 is 2.33 bits per heavy atom. The molecule has 12 heavy (non-hydrogen) atoms. The standard InChI is InChI=1S/C8H15F2NO/c1-6(8(9)10)11-5-7-3-2-4-12-7/h6-8,11H,2-5H2,1H3. The van der Waals surface area contributed by atoms with E-state index in [0.717, 1.165) is 19.4 Å². The van der Waals surface area contributed by atoms with E-state index in [4.69, 9.17) is 4.74 Å². The normalized spacial score (nSPS) is 26.5. The van der Waals surface area contributed by atoms with E-state index in [2.05, 4.69) is 5.32 Å². The van der Waals surface area contributed by atoms with Crippen LogP contribution in [0.2, 0.25) is 0 Å². The van der Waals surface area contributed by atoms with Crippen molar-refractivity contribution in [3.05, 3.63) is 0 Å². The molecule has 0 saturated carbocycles. The molecule has 1 fully saturated rings. The molecule has 0 radical (unpaired) electrons. The van der Waals surface area contributed by atoms with Gasteiger partial charge in [-0.05, 0) is 19.8 Å². The average Bonchev–Trinajstić information content (AvgIpc) is 2.51. The predicted octanol–water partition coefficient (Wildman–Crippen LogP) is 1.41. The largest absolute Gasteiger partial charge is 0.377 e. The highest BCUT2D eigenvalue weighted by Crippen LogP contribution is 2.11. The van der Waals surface area contributed by atoms with Crippen molar-refractivity contribution in [2.45, 2.75) is 38.3 Å². The summed E-state index contributed by atoms with van der Waals surface area (Å²) in [6, 6.07) is -0.728. The molecule has 0 spiro atoms. The van der Waals surface area contributed by atoms with Gasteiger partial charge in [0.05, 0.1) is 12.1 Å². The van der Waals surface area contributed by atoms with E-state index < -0.39 is 12.5 Å². The van der Waals surface area contributed by atoms with Gasteiger partial charge in [0.2, 0.25) is 0 Å². The highest BCUT2D eigenvalue weighted by molar-refractivity contribution is 4.71. The number of hydrogen-bond donors (Lipinski definition) is 1. The number of rotatable bonds is 4. The molecule has 4 heteroatoms. The lowest BCUT2D eigenvalue weighted by Crippen LogP contribution is -2.37. The topological polar surface area (TPSA) is 21.3 Å². The third-order valence-electron chi connectivity index (χ3n) is 2.07. The van der Waals surface area contributed by atoms with Crippen LogP contribution in [-0.2, 0) is 4.74 Å². The van der Waals surface area contributed by atoms with Crippen LogP contribution in [0, 0.1) is 0 Å². The summed E-state index contributed by atoms with van der Waals surface area (Å²) in [5.41, 5.74) is 0. The van der Waals surface area contributed by atoms with Crippen molar-refractivity contribution in [2.24, 2.45) is 0 Å². The molecule has 0 aromatic rings. The fourth-order valence-electron chi connectivity index (χ4n) is 1.21. The zero-order valence-corrected chi connectivity index (χ0v) is 7.22. The van der Waals surface area contributed by atoms with Gasteiger partial charge in [-0.15, -0.1) is 0 Å². The third kappa shape index (κ3) is 3.03. The van der Waals surface area contributed by atoms with E-state index >= 15 is 0 Å². The maximum atomic E-state index is 12.0. The molecular weight excluding hydrogens is 164 g/mol. The van der Waals surface area contributed by atoms with Crippen LogP contribution in [0.1, 0.15) is 19.8 Å². The van der Waals surface area contributed by atoms with Gasteiger partial charge >= 0.3 is 0 Å². The molecule has 1 saturated heterocycles. The van der Waals surface area contributed by atoms with Gasteiger partial charge in [-0.1, -0.05) is 0 Å². The van der Waals surface area contributed by atoms with Crippen molar-refractivity contribution in [3.63, 3.8) is 0 Å². The Labute approximate surface area is 71.3 Å². The van der Waals surface area contributed by atoms with E-state index in [1.54, 1.807) is 0 Å². The van der Waals surface area contributed by atoms with Crippen molar-refractivity contribution < 1.29 is 13.5 Å². The molecule has 1 N–H and O–H groups in total. The monoisotopic (exact) mass is 179 g/mol. The summed E-state index contributed by atoms with van der Waals surface area (Å²) in [6.45, 7) is 2.81. The van der Waals surface area contributed by atoms with Gasteiger partial charge in [-0.3, -0.25) is 0 Å². The van der Waals surface area contributed by atoms with Crippen molar-refractivity contribution in [1.82, 2.24) is 5.32 Å². The van der Waals surface area contributed by atoms with Crippen molar-refractivity contribution in [3.8, 4) is 0 Å². The zero-order chi connectivity index (χ0) is 8.97. The molecule has 0 bridgehead atoms. The van der Waals surface area contributed by atoms with E-state index in [1.165, 1.54) is 6.92 Å². The average molecular weight is 179 g/mol. The Morgan fingerprint density at radius 3 is 2.83 bits per heavy atom. The molecule has 2 nitrogen and oxygen atoms in total. The Kier molecular flexibility index (Phi) is 3.88. The van der Waals surface area contributed by atoms with Gasteiger partial charge in [0.25, 0.3) is 6.43 Å². The summed E-state index contributed by atoms with van der Waals surface area (Å²) >= 11 is 0. The van der Waals surface area contributed by atoms with E-state index in [9.17, 15) is 8.78 Å². The van der Waals surface area contributed by atoms with E-state index in [1.807, 2.05) is 0 Å². The van der Waals surface area contributed by atoms with Gasteiger partial charge < -0.3 is 10.1 Å². The van der Waals surface area contributed by atoms with Crippen molar-refractivity contribution >= 4 is 0 Å². The smallest absolute Gasteiger partial charge is 0.253 e. The Bertz CT molecular complexity index is 124. The molecule has 72 valence electrons. The summed E-state index contributed by atoms with van der Waals surface area (Å²) in [5, 5.41) is 2.75. The number of alkyl halides is 2. The van der Waals surface area contributed by atoms with Gasteiger partial charge in [-0.25, -0.2) is 8.78 Å². The Balaban J connectivity index is 2.07. The Hall–Kier alpha value is -0.220. The molecular formula is C8H15F2NO. The SMILES string of the molecule is CC(NCC1CCCO1)C(F)F. The van der Waals surface area contributed by atoms with Crippen LogP contribution < -0.4 is 5.32 Å². The first-order chi connectivity index (χ1) is 5.70. The lowest BCUT2D eigenvalue weighted by atomic mass is 10.2. The van der Waals surface area contributed by atoms with Gasteiger partial charge in [0.15, 0.2) is 0 Å². The minimum atomic E-state index is -2.29. The molecule has 1 rings (SSSR count). The molecule has 2 atom stereocenters. The highest BCUT2D eigenvalue weighted by Gasteiger charge is 2.19. The summed E-state index contributed by atoms with van der Waals surface area (Å²) in [5.74, 6) is 0. The lowest BCUT2D eigenvalue weighted by molar-refractivity contribution is 0.0790. The predicted molar refractivity (Wildman–Crippen MR) is 42.4 cm³/mol. The molecule has 2 unspecified atom stereocenters. The van der Waals surface area contributed by atoms with Crippen LogP contribution in [0.3, 0.4) is 0 Å². The molecule has 0 aliphatic carbocycles. The lowest BCUT2D eigenvalue weighted by Gasteiger charge is -2.15. The summed E-state index contributed by atoms with van der Waals surface area (Å²) in [6.07, 6.45) is -0.101. The van der Waals surface area contributed by atoms with Crippen LogP contribution in [-0.4, -0.2) is 31.7 Å². The summed E-state index contributed by atoms with van der Waals surface area (Å²) in [7, 11) is 0. The quantitative estimate of drug-likeness (QED) is 0.704. The van der Waals surface area contributed by atoms with Gasteiger partial charge in [-0.2, -0.15) is 0 Å². The third-order valence-corrected chi connectivity index (χ3v) is 2.07. The Morgan fingerprint density at radius 1 is 1.58 bits per heavy atom. The minimum Gasteiger partial charge on any atom is -0.377 e. The van der Waals surface area contributed by atoms with Crippen LogP contribution in [0.15, 0.2) is 0 Å². The number of ether oxygens (including phenoxy) is 1. The van der Waals surface area contributed by atoms with Gasteiger partial charge in [0.1, 0.15) is 0 Å². The molecule has 1 aliphatic heterocycles. The van der Waals surface area contributed by atoms with Crippen molar-refractivity contribution in [1.29, 1.82) is 0 Å². The van der Waals surface area contributed by atoms with Gasteiger partial charge in [0, 0.05) is 13.2 Å². The summed E-state index contributed by atoms with van der Waals surface area (Å²) in [4.78, 5) is 0. The molecule has 1 aliphatic rings. The van der Waals surface area contributed by atoms with Crippen LogP contribution >= 0.6 is 0 Å². The maximum absolute atomic E-state index is 12.0. The fourth-order valence-corrected chi connectivity index (χ4v) is 1.21. The number of hydrogen-bond acceptors (Lipinski definition) is 2. The first-order valence-electron chi connectivity index (χ1n) is 4.33. The van der Waals surface area contributed by atoms with Crippen molar-refractivity contribution in [2.75, 3.05) is 13.2 Å². The van der Waals surface area contributed by atoms with E-state index in [-0.39, 0.29) is 6.10 Å². The second kappa shape index (κ2) is 4.72. The first kappa shape index (κ1) is 9.86. The molecule has 0 amide bonds. The van der Waals surface area contributed by atoms with Crippen LogP contribution in [0.25, 0.3) is 0 Å². The molecule has 0 aromatic carbocycles. The molecule has 0 aromatic heterocycles. The minimum absolute atomic E-state index is 0.145. The van der Waals surface area contributed by atoms with E-state index in [0.29, 0.717) is 6.54 Å². The number of halogens is 2. The van der Waals surface area contributed by atoms with Crippen LogP contribution in [0.5, 0.6) is 0 Å². The highest BCUT2D eigenvalue weighted by atomic mass is 19.3. The zero-order valence-electron chi connectivity index (χ0n) is 7.22. The fraction of sp³-hybridized carbons (Fsp3) is 1.00. The summed E-state index contributed by atoms with van der Waals surface area (Å²) < 4.78 is 29.3. The number of nitrogens with one attached hydrogen (secondary N) is 1. The second-order valence-electron chi connectivity index (χ2n) is 3.17.